The Morgan fingerprint density at radius 3 is 2.93 bits per heavy atom. The molecule has 0 saturated carbocycles. The van der Waals surface area contributed by atoms with Gasteiger partial charge in [-0.3, -0.25) is 14.9 Å². The van der Waals surface area contributed by atoms with Crippen molar-refractivity contribution in [2.75, 3.05) is 0 Å². The van der Waals surface area contributed by atoms with E-state index in [1.807, 2.05) is 42.6 Å². The van der Waals surface area contributed by atoms with Gasteiger partial charge in [-0.1, -0.05) is 19.9 Å². The zero-order valence-corrected chi connectivity index (χ0v) is 15.8. The number of rotatable bonds is 3. The van der Waals surface area contributed by atoms with Crippen molar-refractivity contribution >= 4 is 16.8 Å². The lowest BCUT2D eigenvalue weighted by Gasteiger charge is -2.30. The van der Waals surface area contributed by atoms with Crippen molar-refractivity contribution in [1.82, 2.24) is 25.5 Å². The summed E-state index contributed by atoms with van der Waals surface area (Å²) in [5, 5.41) is 11.4. The van der Waals surface area contributed by atoms with Gasteiger partial charge < -0.3 is 10.3 Å². The zero-order chi connectivity index (χ0) is 19.3. The summed E-state index contributed by atoms with van der Waals surface area (Å²) in [6.45, 7) is 4.89. The summed E-state index contributed by atoms with van der Waals surface area (Å²) in [7, 11) is 0. The Bertz CT molecular complexity index is 1190. The third-order valence-corrected chi connectivity index (χ3v) is 5.49. The summed E-state index contributed by atoms with van der Waals surface area (Å²) in [5.74, 6) is -0.0988. The Hall–Kier alpha value is -3.41. The number of hydrogen-bond acceptors (Lipinski definition) is 3. The molecule has 1 aliphatic rings. The maximum absolute atomic E-state index is 12.7. The molecule has 1 aromatic carbocycles. The Kier molecular flexibility index (Phi) is 3.62. The van der Waals surface area contributed by atoms with Crippen LogP contribution in [0.2, 0.25) is 0 Å². The summed E-state index contributed by atoms with van der Waals surface area (Å²) in [6, 6.07) is 11.5. The molecule has 0 spiro atoms. The summed E-state index contributed by atoms with van der Waals surface area (Å²) in [6.07, 6.45) is 4.54. The van der Waals surface area contributed by atoms with Gasteiger partial charge in [-0.05, 0) is 47.7 Å². The van der Waals surface area contributed by atoms with Crippen molar-refractivity contribution in [3.8, 4) is 11.4 Å². The van der Waals surface area contributed by atoms with E-state index in [0.717, 1.165) is 34.4 Å². The number of benzene rings is 1. The summed E-state index contributed by atoms with van der Waals surface area (Å²) >= 11 is 0. The molecule has 0 unspecified atom stereocenters. The maximum atomic E-state index is 12.7. The third-order valence-electron chi connectivity index (χ3n) is 5.49. The molecule has 0 saturated heterocycles. The fourth-order valence-electron chi connectivity index (χ4n) is 4.23. The molecular weight excluding hydrogens is 350 g/mol. The van der Waals surface area contributed by atoms with Gasteiger partial charge in [0.05, 0.1) is 29.8 Å². The SMILES string of the molecule is CC1(C)Cc2cn[nH]c2-c2[nH]c3ccc(C(=O)NCc4ccccn4)cc3c21. The Morgan fingerprint density at radius 2 is 2.11 bits per heavy atom. The molecule has 0 radical (unpaired) electrons. The number of aromatic nitrogens is 4. The molecule has 0 aliphatic heterocycles. The van der Waals surface area contributed by atoms with Crippen LogP contribution in [0.3, 0.4) is 0 Å². The van der Waals surface area contributed by atoms with Crippen LogP contribution in [0.1, 0.15) is 41.0 Å². The highest BCUT2D eigenvalue weighted by Crippen LogP contribution is 2.45. The molecular formula is C22H21N5O. The normalized spacial score (nSPS) is 14.5. The predicted molar refractivity (Wildman–Crippen MR) is 108 cm³/mol. The highest BCUT2D eigenvalue weighted by atomic mass is 16.1. The number of pyridine rings is 1. The number of fused-ring (bicyclic) bond motifs is 5. The molecule has 28 heavy (non-hydrogen) atoms. The predicted octanol–water partition coefficient (Wildman–Crippen LogP) is 3.72. The highest BCUT2D eigenvalue weighted by Gasteiger charge is 2.35. The van der Waals surface area contributed by atoms with Crippen LogP contribution in [0, 0.1) is 0 Å². The van der Waals surface area contributed by atoms with Crippen LogP contribution in [-0.2, 0) is 18.4 Å². The molecule has 0 fully saturated rings. The average molecular weight is 371 g/mol. The smallest absolute Gasteiger partial charge is 0.251 e. The first kappa shape index (κ1) is 16.7. The summed E-state index contributed by atoms with van der Waals surface area (Å²) < 4.78 is 0. The first-order valence-corrected chi connectivity index (χ1v) is 9.40. The standard InChI is InChI=1S/C22H21N5O/c1-22(2)10-14-11-25-27-19(14)20-18(22)16-9-13(6-7-17(16)26-20)21(28)24-12-15-5-3-4-8-23-15/h3-9,11,26H,10,12H2,1-2H3,(H,24,28)(H,25,27). The minimum atomic E-state index is -0.0988. The molecule has 6 nitrogen and oxygen atoms in total. The molecule has 3 heterocycles. The zero-order valence-electron chi connectivity index (χ0n) is 15.8. The second kappa shape index (κ2) is 6.05. The van der Waals surface area contributed by atoms with E-state index in [2.05, 4.69) is 39.3 Å². The van der Waals surface area contributed by atoms with E-state index in [1.165, 1.54) is 11.1 Å². The first-order chi connectivity index (χ1) is 13.5. The van der Waals surface area contributed by atoms with E-state index in [4.69, 9.17) is 0 Å². The Morgan fingerprint density at radius 1 is 1.21 bits per heavy atom. The number of aromatic amines is 2. The topological polar surface area (TPSA) is 86.5 Å². The molecule has 6 heteroatoms. The van der Waals surface area contributed by atoms with Gasteiger partial charge in [-0.2, -0.15) is 5.10 Å². The number of amides is 1. The van der Waals surface area contributed by atoms with Gasteiger partial charge in [-0.25, -0.2) is 0 Å². The lowest BCUT2D eigenvalue weighted by Crippen LogP contribution is -2.25. The molecule has 5 rings (SSSR count). The molecule has 1 amide bonds. The van der Waals surface area contributed by atoms with E-state index in [0.29, 0.717) is 12.1 Å². The van der Waals surface area contributed by atoms with Gasteiger partial charge in [0.25, 0.3) is 5.91 Å². The van der Waals surface area contributed by atoms with E-state index in [-0.39, 0.29) is 11.3 Å². The van der Waals surface area contributed by atoms with Gasteiger partial charge in [-0.15, -0.1) is 0 Å². The van der Waals surface area contributed by atoms with Crippen LogP contribution in [0.25, 0.3) is 22.3 Å². The molecule has 140 valence electrons. The van der Waals surface area contributed by atoms with Crippen LogP contribution in [0.5, 0.6) is 0 Å². The van der Waals surface area contributed by atoms with Gasteiger partial charge in [0.1, 0.15) is 0 Å². The first-order valence-electron chi connectivity index (χ1n) is 9.40. The van der Waals surface area contributed by atoms with Crippen molar-refractivity contribution in [2.24, 2.45) is 0 Å². The molecule has 4 aromatic rings. The largest absolute Gasteiger partial charge is 0.353 e. The number of carbonyl (C=O) groups is 1. The second-order valence-electron chi connectivity index (χ2n) is 7.97. The van der Waals surface area contributed by atoms with Crippen LogP contribution in [0.4, 0.5) is 0 Å². The van der Waals surface area contributed by atoms with Crippen molar-refractivity contribution in [3.63, 3.8) is 0 Å². The number of H-pyrrole nitrogens is 2. The van der Waals surface area contributed by atoms with Crippen LogP contribution >= 0.6 is 0 Å². The Labute approximate surface area is 162 Å². The lowest BCUT2D eigenvalue weighted by molar-refractivity contribution is 0.0950. The molecule has 1 aliphatic carbocycles. The monoisotopic (exact) mass is 371 g/mol. The molecule has 3 aromatic heterocycles. The maximum Gasteiger partial charge on any atom is 0.251 e. The van der Waals surface area contributed by atoms with Crippen LogP contribution in [-0.4, -0.2) is 26.1 Å². The lowest BCUT2D eigenvalue weighted by atomic mass is 9.73. The number of nitrogens with zero attached hydrogens (tertiary/aromatic N) is 2. The van der Waals surface area contributed by atoms with E-state index in [9.17, 15) is 4.79 Å². The summed E-state index contributed by atoms with van der Waals surface area (Å²) in [5.41, 5.74) is 7.04. The minimum absolute atomic E-state index is 0.0481. The summed E-state index contributed by atoms with van der Waals surface area (Å²) in [4.78, 5) is 20.5. The van der Waals surface area contributed by atoms with Crippen molar-refractivity contribution in [2.45, 2.75) is 32.2 Å². The number of carbonyl (C=O) groups excluding carboxylic acids is 1. The highest BCUT2D eigenvalue weighted by molar-refractivity contribution is 6.01. The van der Waals surface area contributed by atoms with Crippen molar-refractivity contribution in [1.29, 1.82) is 0 Å². The van der Waals surface area contributed by atoms with Crippen molar-refractivity contribution in [3.05, 3.63) is 71.2 Å². The van der Waals surface area contributed by atoms with Gasteiger partial charge in [0.2, 0.25) is 0 Å². The number of nitrogens with one attached hydrogen (secondary N) is 3. The third kappa shape index (κ3) is 2.60. The van der Waals surface area contributed by atoms with Gasteiger partial charge >= 0.3 is 0 Å². The molecule has 0 bridgehead atoms. The van der Waals surface area contributed by atoms with Gasteiger partial charge in [0.15, 0.2) is 0 Å². The van der Waals surface area contributed by atoms with Crippen molar-refractivity contribution < 1.29 is 4.79 Å². The number of hydrogen-bond donors (Lipinski definition) is 3. The molecule has 0 atom stereocenters. The van der Waals surface area contributed by atoms with Gasteiger partial charge in [0, 0.05) is 28.2 Å². The van der Waals surface area contributed by atoms with E-state index < -0.39 is 0 Å². The minimum Gasteiger partial charge on any atom is -0.353 e. The Balaban J connectivity index is 1.53. The van der Waals surface area contributed by atoms with E-state index >= 15 is 0 Å². The van der Waals surface area contributed by atoms with E-state index in [1.54, 1.807) is 6.20 Å². The fraction of sp³-hybridized carbons (Fsp3) is 0.227. The fourth-order valence-corrected chi connectivity index (χ4v) is 4.23. The second-order valence-corrected chi connectivity index (χ2v) is 7.97. The molecule has 3 N–H and O–H groups in total. The van der Waals surface area contributed by atoms with Crippen LogP contribution < -0.4 is 5.32 Å². The quantitative estimate of drug-likeness (QED) is 0.513. The van der Waals surface area contributed by atoms with Crippen LogP contribution in [0.15, 0.2) is 48.8 Å². The average Bonchev–Trinajstić information content (AvgIpc) is 3.30.